The van der Waals surface area contributed by atoms with Crippen LogP contribution >= 0.6 is 12.4 Å². The van der Waals surface area contributed by atoms with Crippen LogP contribution in [0.3, 0.4) is 0 Å². The highest BCUT2D eigenvalue weighted by Crippen LogP contribution is 2.08. The molecule has 1 aromatic carbocycles. The summed E-state index contributed by atoms with van der Waals surface area (Å²) < 4.78 is 0. The van der Waals surface area contributed by atoms with E-state index in [1.54, 1.807) is 0 Å². The summed E-state index contributed by atoms with van der Waals surface area (Å²) in [6.45, 7) is 5.65. The number of rotatable bonds is 3. The second-order valence-electron chi connectivity index (χ2n) is 4.48. The van der Waals surface area contributed by atoms with E-state index in [9.17, 15) is 4.79 Å². The lowest BCUT2D eigenvalue weighted by atomic mass is 10.1. The Kier molecular flexibility index (Phi) is 6.16. The second-order valence-corrected chi connectivity index (χ2v) is 4.48. The molecule has 0 saturated carbocycles. The van der Waals surface area contributed by atoms with Crippen molar-refractivity contribution in [2.75, 3.05) is 26.2 Å². The lowest BCUT2D eigenvalue weighted by Gasteiger charge is -2.27. The monoisotopic (exact) mass is 268 g/mol. The number of halogens is 1. The van der Waals surface area contributed by atoms with Crippen molar-refractivity contribution in [3.63, 3.8) is 0 Å². The Balaban J connectivity index is 0.00000162. The maximum Gasteiger partial charge on any atom is 0.227 e. The minimum absolute atomic E-state index is 0. The van der Waals surface area contributed by atoms with Crippen molar-refractivity contribution in [1.82, 2.24) is 10.2 Å². The molecule has 1 aliphatic heterocycles. The van der Waals surface area contributed by atoms with Gasteiger partial charge in [0, 0.05) is 26.2 Å². The Hall–Kier alpha value is -1.06. The highest BCUT2D eigenvalue weighted by atomic mass is 35.5. The number of nitrogens with zero attached hydrogens (tertiary/aromatic N) is 1. The van der Waals surface area contributed by atoms with E-state index in [1.165, 1.54) is 5.56 Å². The molecule has 0 unspecified atom stereocenters. The number of amides is 1. The Bertz CT molecular complexity index is 389. The fourth-order valence-corrected chi connectivity index (χ4v) is 2.16. The van der Waals surface area contributed by atoms with E-state index in [0.717, 1.165) is 38.2 Å². The molecule has 100 valence electrons. The molecule has 1 fully saturated rings. The van der Waals surface area contributed by atoms with Crippen molar-refractivity contribution in [1.29, 1.82) is 0 Å². The number of carbonyl (C=O) groups excluding carboxylic acids is 1. The molecular formula is C14H21ClN2O. The van der Waals surface area contributed by atoms with Crippen LogP contribution in [0.2, 0.25) is 0 Å². The smallest absolute Gasteiger partial charge is 0.227 e. The van der Waals surface area contributed by atoms with Gasteiger partial charge >= 0.3 is 0 Å². The molecule has 18 heavy (non-hydrogen) atoms. The molecule has 0 radical (unpaired) electrons. The predicted octanol–water partition coefficient (Wildman–Crippen LogP) is 1.65. The van der Waals surface area contributed by atoms with Gasteiger partial charge in [0.15, 0.2) is 0 Å². The van der Waals surface area contributed by atoms with Gasteiger partial charge < -0.3 is 10.2 Å². The van der Waals surface area contributed by atoms with Crippen LogP contribution in [0.1, 0.15) is 18.1 Å². The van der Waals surface area contributed by atoms with Crippen molar-refractivity contribution >= 4 is 18.3 Å². The first-order valence-electron chi connectivity index (χ1n) is 6.36. The maximum atomic E-state index is 12.1. The van der Waals surface area contributed by atoms with Gasteiger partial charge in [0.1, 0.15) is 0 Å². The molecule has 0 atom stereocenters. The molecule has 1 saturated heterocycles. The first kappa shape index (κ1) is 15.0. The number of aryl methyl sites for hydroxylation is 1. The summed E-state index contributed by atoms with van der Waals surface area (Å²) in [5.41, 5.74) is 2.43. The van der Waals surface area contributed by atoms with Gasteiger partial charge in [0.25, 0.3) is 0 Å². The summed E-state index contributed by atoms with van der Waals surface area (Å²) in [6.07, 6.45) is 1.56. The largest absolute Gasteiger partial charge is 0.340 e. The number of carbonyl (C=O) groups is 1. The van der Waals surface area contributed by atoms with E-state index in [1.807, 2.05) is 17.0 Å². The first-order chi connectivity index (χ1) is 8.29. The highest BCUT2D eigenvalue weighted by Gasteiger charge is 2.16. The molecule has 3 nitrogen and oxygen atoms in total. The molecule has 4 heteroatoms. The number of benzene rings is 1. The van der Waals surface area contributed by atoms with E-state index in [4.69, 9.17) is 0 Å². The minimum atomic E-state index is 0. The van der Waals surface area contributed by atoms with Gasteiger partial charge in [-0.2, -0.15) is 0 Å². The summed E-state index contributed by atoms with van der Waals surface area (Å²) in [4.78, 5) is 14.0. The van der Waals surface area contributed by atoms with E-state index < -0.39 is 0 Å². The van der Waals surface area contributed by atoms with E-state index in [0.29, 0.717) is 6.42 Å². The van der Waals surface area contributed by atoms with Crippen molar-refractivity contribution in [2.24, 2.45) is 0 Å². The van der Waals surface area contributed by atoms with Crippen LogP contribution < -0.4 is 5.32 Å². The van der Waals surface area contributed by atoms with Crippen LogP contribution in [-0.4, -0.2) is 37.0 Å². The fourth-order valence-electron chi connectivity index (χ4n) is 2.16. The highest BCUT2D eigenvalue weighted by molar-refractivity contribution is 5.85. The normalized spacial score (nSPS) is 15.1. The summed E-state index contributed by atoms with van der Waals surface area (Å²) in [5.74, 6) is 0.250. The zero-order valence-corrected chi connectivity index (χ0v) is 11.6. The van der Waals surface area contributed by atoms with Gasteiger partial charge in [-0.1, -0.05) is 31.2 Å². The molecule has 2 rings (SSSR count). The summed E-state index contributed by atoms with van der Waals surface area (Å²) in [6, 6.07) is 8.33. The topological polar surface area (TPSA) is 32.3 Å². The first-order valence-corrected chi connectivity index (χ1v) is 6.36. The van der Waals surface area contributed by atoms with Gasteiger partial charge in [-0.25, -0.2) is 0 Å². The van der Waals surface area contributed by atoms with Crippen molar-refractivity contribution in [3.8, 4) is 0 Å². The Morgan fingerprint density at radius 1 is 1.28 bits per heavy atom. The standard InChI is InChI=1S/C14H20N2O.ClH/c1-2-12-4-3-5-13(10-12)11-14(17)16-8-6-15-7-9-16;/h3-5,10,15H,2,6-9,11H2,1H3;1H. The van der Waals surface area contributed by atoms with Crippen LogP contribution in [0.4, 0.5) is 0 Å². The molecule has 0 bridgehead atoms. The van der Waals surface area contributed by atoms with E-state index in [2.05, 4.69) is 24.4 Å². The molecule has 0 aromatic heterocycles. The van der Waals surface area contributed by atoms with Crippen molar-refractivity contribution < 1.29 is 4.79 Å². The third-order valence-corrected chi connectivity index (χ3v) is 3.22. The van der Waals surface area contributed by atoms with Crippen LogP contribution in [-0.2, 0) is 17.6 Å². The minimum Gasteiger partial charge on any atom is -0.340 e. The third-order valence-electron chi connectivity index (χ3n) is 3.22. The number of nitrogens with one attached hydrogen (secondary N) is 1. The maximum absolute atomic E-state index is 12.1. The number of hydrogen-bond acceptors (Lipinski definition) is 2. The molecule has 1 heterocycles. The van der Waals surface area contributed by atoms with Crippen molar-refractivity contribution in [2.45, 2.75) is 19.8 Å². The molecule has 0 spiro atoms. The van der Waals surface area contributed by atoms with E-state index >= 15 is 0 Å². The quantitative estimate of drug-likeness (QED) is 0.904. The Morgan fingerprint density at radius 3 is 2.61 bits per heavy atom. The zero-order valence-electron chi connectivity index (χ0n) is 10.8. The second kappa shape index (κ2) is 7.39. The van der Waals surface area contributed by atoms with E-state index in [-0.39, 0.29) is 18.3 Å². The lowest BCUT2D eigenvalue weighted by Crippen LogP contribution is -2.46. The summed E-state index contributed by atoms with van der Waals surface area (Å²) in [7, 11) is 0. The van der Waals surface area contributed by atoms with Gasteiger partial charge in [-0.3, -0.25) is 4.79 Å². The van der Waals surface area contributed by atoms with Crippen LogP contribution in [0.25, 0.3) is 0 Å². The van der Waals surface area contributed by atoms with Gasteiger partial charge in [-0.15, -0.1) is 12.4 Å². The van der Waals surface area contributed by atoms with Crippen LogP contribution in [0, 0.1) is 0 Å². The summed E-state index contributed by atoms with van der Waals surface area (Å²) >= 11 is 0. The average molecular weight is 269 g/mol. The molecular weight excluding hydrogens is 248 g/mol. The summed E-state index contributed by atoms with van der Waals surface area (Å²) in [5, 5.41) is 3.26. The zero-order chi connectivity index (χ0) is 12.1. The SMILES string of the molecule is CCc1cccc(CC(=O)N2CCNCC2)c1.Cl. The number of piperazine rings is 1. The molecule has 1 amide bonds. The predicted molar refractivity (Wildman–Crippen MR) is 76.2 cm³/mol. The van der Waals surface area contributed by atoms with Gasteiger partial charge in [0.2, 0.25) is 5.91 Å². The van der Waals surface area contributed by atoms with Crippen LogP contribution in [0.15, 0.2) is 24.3 Å². The molecule has 0 aliphatic carbocycles. The van der Waals surface area contributed by atoms with Crippen LogP contribution in [0.5, 0.6) is 0 Å². The Morgan fingerprint density at radius 2 is 1.94 bits per heavy atom. The van der Waals surface area contributed by atoms with Gasteiger partial charge in [0.05, 0.1) is 6.42 Å². The third kappa shape index (κ3) is 4.00. The van der Waals surface area contributed by atoms with Crippen molar-refractivity contribution in [3.05, 3.63) is 35.4 Å². The lowest BCUT2D eigenvalue weighted by molar-refractivity contribution is -0.131. The van der Waals surface area contributed by atoms with Gasteiger partial charge in [-0.05, 0) is 17.5 Å². The fraction of sp³-hybridized carbons (Fsp3) is 0.500. The number of hydrogen-bond donors (Lipinski definition) is 1. The average Bonchev–Trinajstić information content (AvgIpc) is 2.40. The molecule has 1 aliphatic rings. The Labute approximate surface area is 115 Å². The molecule has 1 N–H and O–H groups in total. The molecule has 1 aromatic rings.